The first-order valence-electron chi connectivity index (χ1n) is 5.44. The van der Waals surface area contributed by atoms with E-state index in [-0.39, 0.29) is 10.6 Å². The lowest BCUT2D eigenvalue weighted by Gasteiger charge is -2.14. The van der Waals surface area contributed by atoms with Crippen molar-refractivity contribution in [2.45, 2.75) is 32.6 Å². The van der Waals surface area contributed by atoms with Crippen LogP contribution in [0.4, 0.5) is 5.95 Å². The van der Waals surface area contributed by atoms with Crippen LogP contribution in [0, 0.1) is 5.41 Å². The molecule has 88 valence electrons. The largest absolute Gasteiger partial charge is 0.353 e. The average Bonchev–Trinajstić information content (AvgIpc) is 2.95. The van der Waals surface area contributed by atoms with Crippen molar-refractivity contribution in [2.75, 3.05) is 11.9 Å². The van der Waals surface area contributed by atoms with E-state index in [4.69, 9.17) is 23.2 Å². The van der Waals surface area contributed by atoms with E-state index in [1.165, 1.54) is 25.7 Å². The molecule has 1 aromatic heterocycles. The van der Waals surface area contributed by atoms with E-state index in [0.717, 1.165) is 6.54 Å². The normalized spacial score (nSPS) is 17.2. The van der Waals surface area contributed by atoms with Crippen LogP contribution in [0.3, 0.4) is 0 Å². The first-order valence-corrected chi connectivity index (χ1v) is 6.20. The van der Waals surface area contributed by atoms with E-state index in [9.17, 15) is 0 Å². The van der Waals surface area contributed by atoms with Gasteiger partial charge in [0, 0.05) is 6.54 Å². The highest BCUT2D eigenvalue weighted by Gasteiger charge is 2.41. The van der Waals surface area contributed by atoms with Crippen LogP contribution in [-0.4, -0.2) is 21.5 Å². The lowest BCUT2D eigenvalue weighted by molar-refractivity contribution is 0.484. The topological polar surface area (TPSA) is 50.7 Å². The molecule has 6 heteroatoms. The van der Waals surface area contributed by atoms with Gasteiger partial charge in [-0.15, -0.1) is 0 Å². The highest BCUT2D eigenvalue weighted by molar-refractivity contribution is 6.31. The summed E-state index contributed by atoms with van der Waals surface area (Å²) < 4.78 is 0. The summed E-state index contributed by atoms with van der Waals surface area (Å²) in [4.78, 5) is 11.6. The Bertz CT molecular complexity index is 359. The van der Waals surface area contributed by atoms with Crippen molar-refractivity contribution in [3.63, 3.8) is 0 Å². The molecular formula is C10H14Cl2N4. The van der Waals surface area contributed by atoms with E-state index in [0.29, 0.717) is 11.4 Å². The molecule has 0 spiro atoms. The summed E-state index contributed by atoms with van der Waals surface area (Å²) in [7, 11) is 0. The number of anilines is 1. The fourth-order valence-electron chi connectivity index (χ4n) is 1.89. The zero-order valence-electron chi connectivity index (χ0n) is 9.13. The second-order valence-corrected chi connectivity index (χ2v) is 4.98. The van der Waals surface area contributed by atoms with E-state index >= 15 is 0 Å². The summed E-state index contributed by atoms with van der Waals surface area (Å²) in [6.07, 6.45) is 5.01. The number of hydrogen-bond donors (Lipinski definition) is 1. The van der Waals surface area contributed by atoms with Gasteiger partial charge in [-0.25, -0.2) is 0 Å². The number of hydrogen-bond acceptors (Lipinski definition) is 4. The van der Waals surface area contributed by atoms with Gasteiger partial charge in [0.1, 0.15) is 0 Å². The second kappa shape index (κ2) is 4.72. The van der Waals surface area contributed by atoms with Crippen molar-refractivity contribution < 1.29 is 0 Å². The van der Waals surface area contributed by atoms with E-state index in [1.807, 2.05) is 0 Å². The predicted octanol–water partition coefficient (Wildman–Crippen LogP) is 3.17. The number of nitrogens with zero attached hydrogens (tertiary/aromatic N) is 3. The Morgan fingerprint density at radius 2 is 1.81 bits per heavy atom. The summed E-state index contributed by atoms with van der Waals surface area (Å²) >= 11 is 11.4. The van der Waals surface area contributed by atoms with Crippen LogP contribution >= 0.6 is 23.2 Å². The van der Waals surface area contributed by atoms with Crippen LogP contribution < -0.4 is 5.32 Å². The zero-order valence-corrected chi connectivity index (χ0v) is 10.6. The molecule has 0 aromatic carbocycles. The molecule has 1 N–H and O–H groups in total. The summed E-state index contributed by atoms with van der Waals surface area (Å²) in [5, 5.41) is 3.44. The highest BCUT2D eigenvalue weighted by atomic mass is 35.5. The average molecular weight is 261 g/mol. The molecule has 0 amide bonds. The van der Waals surface area contributed by atoms with E-state index in [1.54, 1.807) is 0 Å². The molecule has 0 aliphatic heterocycles. The van der Waals surface area contributed by atoms with Gasteiger partial charge in [-0.05, 0) is 47.9 Å². The number of rotatable bonds is 5. The van der Waals surface area contributed by atoms with Gasteiger partial charge in [-0.3, -0.25) is 0 Å². The molecule has 0 bridgehead atoms. The van der Waals surface area contributed by atoms with Crippen LogP contribution in [0.1, 0.15) is 32.6 Å². The van der Waals surface area contributed by atoms with Crippen LogP contribution in [0.2, 0.25) is 10.6 Å². The van der Waals surface area contributed by atoms with Crippen LogP contribution in [0.5, 0.6) is 0 Å². The van der Waals surface area contributed by atoms with Crippen LogP contribution in [-0.2, 0) is 0 Å². The Kier molecular flexibility index (Phi) is 3.50. The first kappa shape index (κ1) is 11.9. The molecular weight excluding hydrogens is 247 g/mol. The van der Waals surface area contributed by atoms with Crippen molar-refractivity contribution in [3.05, 3.63) is 10.6 Å². The van der Waals surface area contributed by atoms with E-state index < -0.39 is 0 Å². The molecule has 0 radical (unpaired) electrons. The molecule has 1 fully saturated rings. The third kappa shape index (κ3) is 2.95. The van der Waals surface area contributed by atoms with Gasteiger partial charge in [-0.1, -0.05) is 13.3 Å². The maximum atomic E-state index is 5.69. The Morgan fingerprint density at radius 3 is 2.31 bits per heavy atom. The minimum Gasteiger partial charge on any atom is -0.353 e. The Balaban J connectivity index is 1.94. The lowest BCUT2D eigenvalue weighted by Crippen LogP contribution is -2.17. The summed E-state index contributed by atoms with van der Waals surface area (Å²) in [5.41, 5.74) is 0.445. The Hall–Kier alpha value is -0.610. The second-order valence-electron chi connectivity index (χ2n) is 4.30. The van der Waals surface area contributed by atoms with Crippen molar-refractivity contribution in [1.29, 1.82) is 0 Å². The summed E-state index contributed by atoms with van der Waals surface area (Å²) in [6, 6.07) is 0. The SMILES string of the molecule is CCCC1(CNc2nc(Cl)nc(Cl)n2)CC1. The smallest absolute Gasteiger partial charge is 0.228 e. The van der Waals surface area contributed by atoms with Gasteiger partial charge in [0.15, 0.2) is 0 Å². The van der Waals surface area contributed by atoms with Crippen LogP contribution in [0.15, 0.2) is 0 Å². The van der Waals surface area contributed by atoms with Gasteiger partial charge in [0.25, 0.3) is 0 Å². The maximum Gasteiger partial charge on any atom is 0.228 e. The Labute approximate surface area is 105 Å². The minimum absolute atomic E-state index is 0.128. The predicted molar refractivity (Wildman–Crippen MR) is 64.9 cm³/mol. The molecule has 0 saturated heterocycles. The molecule has 1 aliphatic rings. The van der Waals surface area contributed by atoms with Crippen LogP contribution in [0.25, 0.3) is 0 Å². The number of nitrogens with one attached hydrogen (secondary N) is 1. The number of aromatic nitrogens is 3. The third-order valence-electron chi connectivity index (χ3n) is 2.94. The van der Waals surface area contributed by atoms with Gasteiger partial charge in [-0.2, -0.15) is 15.0 Å². The van der Waals surface area contributed by atoms with Gasteiger partial charge in [0.2, 0.25) is 16.5 Å². The zero-order chi connectivity index (χ0) is 11.6. The standard InChI is InChI=1S/C10H14Cl2N4/c1-2-3-10(4-5-10)6-13-9-15-7(11)14-8(12)16-9/h2-6H2,1H3,(H,13,14,15,16). The van der Waals surface area contributed by atoms with Crippen molar-refractivity contribution in [2.24, 2.45) is 5.41 Å². The molecule has 0 unspecified atom stereocenters. The molecule has 0 atom stereocenters. The Morgan fingerprint density at radius 1 is 1.19 bits per heavy atom. The fourth-order valence-corrected chi connectivity index (χ4v) is 2.26. The maximum absolute atomic E-state index is 5.69. The molecule has 4 nitrogen and oxygen atoms in total. The fraction of sp³-hybridized carbons (Fsp3) is 0.700. The molecule has 1 aliphatic carbocycles. The first-order chi connectivity index (χ1) is 7.63. The molecule has 1 aromatic rings. The lowest BCUT2D eigenvalue weighted by atomic mass is 10.0. The molecule has 2 rings (SSSR count). The van der Waals surface area contributed by atoms with Crippen molar-refractivity contribution in [3.8, 4) is 0 Å². The van der Waals surface area contributed by atoms with E-state index in [2.05, 4.69) is 27.2 Å². The van der Waals surface area contributed by atoms with Gasteiger partial charge in [0.05, 0.1) is 0 Å². The van der Waals surface area contributed by atoms with Crippen molar-refractivity contribution >= 4 is 29.2 Å². The third-order valence-corrected chi connectivity index (χ3v) is 3.28. The summed E-state index contributed by atoms with van der Waals surface area (Å²) in [5.74, 6) is 0.465. The summed E-state index contributed by atoms with van der Waals surface area (Å²) in [6.45, 7) is 3.09. The van der Waals surface area contributed by atoms with Gasteiger partial charge >= 0.3 is 0 Å². The molecule has 1 saturated carbocycles. The molecule has 1 heterocycles. The van der Waals surface area contributed by atoms with Crippen molar-refractivity contribution in [1.82, 2.24) is 15.0 Å². The minimum atomic E-state index is 0.128. The molecule has 16 heavy (non-hydrogen) atoms. The highest BCUT2D eigenvalue weighted by Crippen LogP contribution is 2.49. The van der Waals surface area contributed by atoms with Gasteiger partial charge < -0.3 is 5.32 Å². The number of halogens is 2. The quantitative estimate of drug-likeness (QED) is 0.884. The monoisotopic (exact) mass is 260 g/mol.